The highest BCUT2D eigenvalue weighted by atomic mass is 15.2. The first-order chi connectivity index (χ1) is 19.1. The first-order valence-electron chi connectivity index (χ1n) is 13.6. The van der Waals surface area contributed by atoms with E-state index in [1.165, 1.54) is 71.9 Å². The van der Waals surface area contributed by atoms with Gasteiger partial charge in [-0.25, -0.2) is 0 Å². The predicted octanol–water partition coefficient (Wildman–Crippen LogP) is 10.3. The summed E-state index contributed by atoms with van der Waals surface area (Å²) < 4.78 is 0. The largest absolute Gasteiger partial charge is 0.355 e. The van der Waals surface area contributed by atoms with Crippen LogP contribution in [0.2, 0.25) is 0 Å². The molecule has 1 aromatic heterocycles. The molecule has 2 heterocycles. The topological polar surface area (TPSA) is 19.0 Å². The van der Waals surface area contributed by atoms with Crippen molar-refractivity contribution < 1.29 is 0 Å². The van der Waals surface area contributed by atoms with Gasteiger partial charge in [0.1, 0.15) is 0 Å². The monoisotopic (exact) mass is 500 g/mol. The molecule has 6 aromatic carbocycles. The van der Waals surface area contributed by atoms with Crippen LogP contribution in [-0.4, -0.2) is 4.98 Å². The predicted molar refractivity (Wildman–Crippen MR) is 166 cm³/mol. The van der Waals surface area contributed by atoms with Gasteiger partial charge in [0.15, 0.2) is 0 Å². The second-order valence-corrected chi connectivity index (χ2v) is 11.1. The first kappa shape index (κ1) is 22.2. The van der Waals surface area contributed by atoms with Crippen molar-refractivity contribution in [3.8, 4) is 11.1 Å². The van der Waals surface area contributed by atoms with Crippen molar-refractivity contribution in [3.63, 3.8) is 0 Å². The van der Waals surface area contributed by atoms with Crippen LogP contribution in [-0.2, 0) is 5.41 Å². The fraction of sp³-hybridized carbons (Fsp3) is 0.0811. The Morgan fingerprint density at radius 1 is 0.538 bits per heavy atom. The number of hydrogen-bond acceptors (Lipinski definition) is 1. The molecule has 2 nitrogen and oxygen atoms in total. The smallest absolute Gasteiger partial charge is 0.0509 e. The van der Waals surface area contributed by atoms with E-state index in [2.05, 4.69) is 151 Å². The van der Waals surface area contributed by atoms with E-state index in [0.29, 0.717) is 0 Å². The fourth-order valence-electron chi connectivity index (χ4n) is 6.66. The highest BCUT2D eigenvalue weighted by molar-refractivity contribution is 6.08. The lowest BCUT2D eigenvalue weighted by Gasteiger charge is -2.43. The van der Waals surface area contributed by atoms with E-state index < -0.39 is 0 Å². The van der Waals surface area contributed by atoms with E-state index in [4.69, 9.17) is 0 Å². The molecule has 0 fully saturated rings. The molecule has 0 bridgehead atoms. The number of nitrogens with zero attached hydrogens (tertiary/aromatic N) is 1. The van der Waals surface area contributed by atoms with Crippen molar-refractivity contribution in [2.75, 3.05) is 4.90 Å². The Hall–Kier alpha value is -4.82. The summed E-state index contributed by atoms with van der Waals surface area (Å²) in [5.41, 5.74) is 11.0. The van der Waals surface area contributed by atoms with Crippen LogP contribution in [0.15, 0.2) is 127 Å². The van der Waals surface area contributed by atoms with Gasteiger partial charge in [0.05, 0.1) is 11.4 Å². The highest BCUT2D eigenvalue weighted by Gasteiger charge is 2.38. The molecular weight excluding hydrogens is 472 g/mol. The minimum atomic E-state index is -0.183. The third-order valence-corrected chi connectivity index (χ3v) is 8.54. The third-order valence-electron chi connectivity index (χ3n) is 8.54. The van der Waals surface area contributed by atoms with Crippen LogP contribution in [0.5, 0.6) is 0 Å². The van der Waals surface area contributed by atoms with Gasteiger partial charge in [-0.2, -0.15) is 0 Å². The molecule has 186 valence electrons. The van der Waals surface area contributed by atoms with Crippen molar-refractivity contribution in [2.45, 2.75) is 19.3 Å². The number of fused-ring (bicyclic) bond motifs is 7. The van der Waals surface area contributed by atoms with E-state index in [9.17, 15) is 0 Å². The molecule has 0 unspecified atom stereocenters. The van der Waals surface area contributed by atoms with Gasteiger partial charge in [-0.1, -0.05) is 92.7 Å². The Labute approximate surface area is 228 Å². The molecule has 0 amide bonds. The van der Waals surface area contributed by atoms with Gasteiger partial charge in [-0.3, -0.25) is 0 Å². The van der Waals surface area contributed by atoms with Crippen molar-refractivity contribution in [2.24, 2.45) is 0 Å². The van der Waals surface area contributed by atoms with E-state index >= 15 is 0 Å². The molecule has 0 saturated carbocycles. The summed E-state index contributed by atoms with van der Waals surface area (Å²) in [6.07, 6.45) is 0. The maximum absolute atomic E-state index is 3.56. The molecule has 0 aliphatic carbocycles. The zero-order valence-corrected chi connectivity index (χ0v) is 22.1. The number of anilines is 3. The molecular formula is C37H28N2. The molecule has 7 aromatic rings. The third kappa shape index (κ3) is 3.21. The molecule has 0 atom stereocenters. The van der Waals surface area contributed by atoms with E-state index in [-0.39, 0.29) is 5.41 Å². The molecule has 0 spiro atoms. The lowest BCUT2D eigenvalue weighted by Crippen LogP contribution is -2.31. The van der Waals surface area contributed by atoms with Gasteiger partial charge in [-0.05, 0) is 81.6 Å². The lowest BCUT2D eigenvalue weighted by atomic mass is 9.71. The molecule has 1 N–H and O–H groups in total. The highest BCUT2D eigenvalue weighted by Crippen LogP contribution is 2.54. The molecule has 1 aliphatic heterocycles. The summed E-state index contributed by atoms with van der Waals surface area (Å²) in [5, 5.41) is 5.13. The number of para-hydroxylation sites is 2. The Bertz CT molecular complexity index is 2050. The molecule has 8 rings (SSSR count). The number of H-pyrrole nitrogens is 1. The SMILES string of the molecule is CC1(C)c2cc(-c3ccc4[nH]c5ccccc5c4c3)ccc2N(c2ccccc2)c2ccc3ccccc3c21. The van der Waals surface area contributed by atoms with Crippen LogP contribution in [0.25, 0.3) is 43.7 Å². The molecule has 39 heavy (non-hydrogen) atoms. The van der Waals surface area contributed by atoms with Crippen LogP contribution in [0.1, 0.15) is 25.0 Å². The normalized spacial score (nSPS) is 14.1. The van der Waals surface area contributed by atoms with Crippen molar-refractivity contribution >= 4 is 49.6 Å². The molecule has 0 radical (unpaired) electrons. The standard InChI is InChI=1S/C37H28N2/c1-37(2)31-23-26(25-16-19-33-30(22-25)29-14-8-9-15-32(29)38-33)18-20-34(31)39(27-11-4-3-5-12-27)35-21-17-24-10-6-7-13-28(24)36(35)37/h3-23,38H,1-2H3. The van der Waals surface area contributed by atoms with Gasteiger partial charge in [0.25, 0.3) is 0 Å². The minimum absolute atomic E-state index is 0.183. The summed E-state index contributed by atoms with van der Waals surface area (Å²) in [5.74, 6) is 0. The number of aromatic nitrogens is 1. The maximum atomic E-state index is 3.56. The van der Waals surface area contributed by atoms with Crippen LogP contribution in [0.4, 0.5) is 17.1 Å². The van der Waals surface area contributed by atoms with Gasteiger partial charge in [0.2, 0.25) is 0 Å². The zero-order valence-electron chi connectivity index (χ0n) is 22.1. The summed E-state index contributed by atoms with van der Waals surface area (Å²) in [6, 6.07) is 46.5. The fourth-order valence-corrected chi connectivity index (χ4v) is 6.66. The zero-order chi connectivity index (χ0) is 26.1. The second-order valence-electron chi connectivity index (χ2n) is 11.1. The van der Waals surface area contributed by atoms with Crippen LogP contribution in [0.3, 0.4) is 0 Å². The Morgan fingerprint density at radius 2 is 1.21 bits per heavy atom. The number of aromatic amines is 1. The molecule has 2 heteroatoms. The van der Waals surface area contributed by atoms with Gasteiger partial charge < -0.3 is 9.88 Å². The number of benzene rings is 6. The average molecular weight is 501 g/mol. The summed E-state index contributed by atoms with van der Waals surface area (Å²) in [7, 11) is 0. The number of hydrogen-bond donors (Lipinski definition) is 1. The van der Waals surface area contributed by atoms with Gasteiger partial charge in [0, 0.05) is 32.9 Å². The molecule has 1 aliphatic rings. The lowest BCUT2D eigenvalue weighted by molar-refractivity contribution is 0.638. The Kier molecular flexibility index (Phi) is 4.60. The summed E-state index contributed by atoms with van der Waals surface area (Å²) in [6.45, 7) is 4.76. The van der Waals surface area contributed by atoms with Crippen molar-refractivity contribution in [1.29, 1.82) is 0 Å². The van der Waals surface area contributed by atoms with E-state index in [0.717, 1.165) is 0 Å². The van der Waals surface area contributed by atoms with Crippen molar-refractivity contribution in [1.82, 2.24) is 4.98 Å². The van der Waals surface area contributed by atoms with Gasteiger partial charge in [-0.15, -0.1) is 0 Å². The van der Waals surface area contributed by atoms with E-state index in [1.807, 2.05) is 0 Å². The summed E-state index contributed by atoms with van der Waals surface area (Å²) >= 11 is 0. The number of nitrogens with one attached hydrogen (secondary N) is 1. The Morgan fingerprint density at radius 3 is 2.08 bits per heavy atom. The van der Waals surface area contributed by atoms with Crippen LogP contribution >= 0.6 is 0 Å². The van der Waals surface area contributed by atoms with E-state index in [1.54, 1.807) is 0 Å². The summed E-state index contributed by atoms with van der Waals surface area (Å²) in [4.78, 5) is 6.00. The minimum Gasteiger partial charge on any atom is -0.355 e. The number of rotatable bonds is 2. The quantitative estimate of drug-likeness (QED) is 0.250. The van der Waals surface area contributed by atoms with Crippen LogP contribution in [0, 0.1) is 0 Å². The van der Waals surface area contributed by atoms with Gasteiger partial charge >= 0.3 is 0 Å². The van der Waals surface area contributed by atoms with Crippen LogP contribution < -0.4 is 4.90 Å². The first-order valence-corrected chi connectivity index (χ1v) is 13.6. The second kappa shape index (κ2) is 8.09. The molecule has 0 saturated heterocycles. The average Bonchev–Trinajstić information content (AvgIpc) is 3.35. The van der Waals surface area contributed by atoms with Crippen molar-refractivity contribution in [3.05, 3.63) is 139 Å². The Balaban J connectivity index is 1.38. The maximum Gasteiger partial charge on any atom is 0.0509 e.